The normalized spacial score (nSPS) is 10.0. The van der Waals surface area contributed by atoms with Crippen LogP contribution in [-0.4, -0.2) is 31.1 Å². The third-order valence-electron chi connectivity index (χ3n) is 3.00. The molecule has 0 aliphatic rings. The fourth-order valence-corrected chi connectivity index (χ4v) is 4.94. The minimum absolute atomic E-state index is 0.0816. The van der Waals surface area contributed by atoms with Gasteiger partial charge in [-0.25, -0.2) is 9.59 Å². The minimum atomic E-state index is -0.413. The summed E-state index contributed by atoms with van der Waals surface area (Å²) in [5.74, 6) is -1.10. The van der Waals surface area contributed by atoms with Gasteiger partial charge in [0.05, 0.1) is 28.1 Å². The molecule has 0 N–H and O–H groups in total. The number of alkyl halides is 1. The number of rotatable bonds is 7. The Morgan fingerprint density at radius 2 is 1.34 bits per heavy atom. The molecule has 160 valence electrons. The Bertz CT molecular complexity index is 850. The van der Waals surface area contributed by atoms with Crippen LogP contribution in [0.2, 0.25) is 10.0 Å². The lowest BCUT2D eigenvalue weighted by Gasteiger charge is -1.98. The summed E-state index contributed by atoms with van der Waals surface area (Å²) in [6.45, 7) is 5.60. The highest BCUT2D eigenvalue weighted by Gasteiger charge is 2.15. The van der Waals surface area contributed by atoms with E-state index in [1.165, 1.54) is 35.7 Å². The summed E-state index contributed by atoms with van der Waals surface area (Å²) in [7, 11) is 0. The highest BCUT2D eigenvalue weighted by atomic mass is 79.9. The van der Waals surface area contributed by atoms with Crippen LogP contribution in [-0.2, 0) is 30.9 Å². The second kappa shape index (κ2) is 13.2. The van der Waals surface area contributed by atoms with E-state index in [1.807, 2.05) is 0 Å². The Balaban J connectivity index is 0.000000296. The zero-order valence-corrected chi connectivity index (χ0v) is 20.6. The first-order chi connectivity index (χ1) is 13.7. The van der Waals surface area contributed by atoms with Crippen molar-refractivity contribution in [2.75, 3.05) is 13.2 Å². The molecule has 0 saturated heterocycles. The molecule has 2 rings (SSSR count). The van der Waals surface area contributed by atoms with E-state index in [0.717, 1.165) is 4.88 Å². The smallest absolute Gasteiger partial charge is 0.348 e. The molecule has 0 aromatic carbocycles. The summed E-state index contributed by atoms with van der Waals surface area (Å²) >= 11 is 17.5. The highest BCUT2D eigenvalue weighted by molar-refractivity contribution is 9.08. The summed E-state index contributed by atoms with van der Waals surface area (Å²) in [6, 6.07) is 3.16. The molecule has 0 radical (unpaired) electrons. The molecule has 0 amide bonds. The van der Waals surface area contributed by atoms with Crippen molar-refractivity contribution in [3.63, 3.8) is 0 Å². The van der Waals surface area contributed by atoms with Crippen LogP contribution in [0.3, 0.4) is 0 Å². The Kier molecular flexibility index (Phi) is 11.8. The van der Waals surface area contributed by atoms with E-state index >= 15 is 0 Å². The van der Waals surface area contributed by atoms with Crippen molar-refractivity contribution in [2.24, 2.45) is 0 Å². The zero-order chi connectivity index (χ0) is 22.0. The number of thiophene rings is 2. The van der Waals surface area contributed by atoms with Crippen molar-refractivity contribution in [3.05, 3.63) is 41.7 Å². The molecule has 11 heteroatoms. The molecule has 0 fully saturated rings. The van der Waals surface area contributed by atoms with Gasteiger partial charge in [0, 0.05) is 17.1 Å². The number of hydrogen-bond donors (Lipinski definition) is 0. The standard InChI is InChI=1S/C10H11ClO4S.C8H8BrClO2S/c1-3-14-10(13)8-4-7(11)9(16-8)5-15-6(2)12;1-2-12-8(11)6-3-5(10)7(4-9)13-6/h4H,3,5H2,1-2H3;3H,2,4H2,1H3. The van der Waals surface area contributed by atoms with Crippen LogP contribution in [0.4, 0.5) is 0 Å². The van der Waals surface area contributed by atoms with E-state index in [0.29, 0.717) is 43.2 Å². The van der Waals surface area contributed by atoms with E-state index in [4.69, 9.17) is 37.4 Å². The molecule has 0 aliphatic heterocycles. The second-order valence-corrected chi connectivity index (χ2v) is 8.77. The third kappa shape index (κ3) is 8.64. The molecule has 29 heavy (non-hydrogen) atoms. The van der Waals surface area contributed by atoms with Gasteiger partial charge in [-0.05, 0) is 26.0 Å². The number of hydrogen-bond acceptors (Lipinski definition) is 8. The molecule has 0 bridgehead atoms. The van der Waals surface area contributed by atoms with E-state index in [-0.39, 0.29) is 18.5 Å². The van der Waals surface area contributed by atoms with Gasteiger partial charge in [-0.1, -0.05) is 39.1 Å². The quantitative estimate of drug-likeness (QED) is 0.237. The van der Waals surface area contributed by atoms with Crippen LogP contribution < -0.4 is 0 Å². The summed E-state index contributed by atoms with van der Waals surface area (Å²) in [4.78, 5) is 35.8. The predicted molar refractivity (Wildman–Crippen MR) is 119 cm³/mol. The molecule has 0 saturated carbocycles. The van der Waals surface area contributed by atoms with Gasteiger partial charge in [0.1, 0.15) is 16.4 Å². The molecule has 0 unspecified atom stereocenters. The molecule has 6 nitrogen and oxygen atoms in total. The van der Waals surface area contributed by atoms with Gasteiger partial charge in [-0.15, -0.1) is 22.7 Å². The number of ether oxygens (including phenoxy) is 3. The first-order valence-corrected chi connectivity index (χ1v) is 11.8. The average molecular weight is 546 g/mol. The van der Waals surface area contributed by atoms with Crippen molar-refractivity contribution in [3.8, 4) is 0 Å². The van der Waals surface area contributed by atoms with Crippen molar-refractivity contribution >= 4 is 79.7 Å². The fraction of sp³-hybridized carbons (Fsp3) is 0.389. The van der Waals surface area contributed by atoms with Gasteiger partial charge in [-0.2, -0.15) is 0 Å². The van der Waals surface area contributed by atoms with Crippen LogP contribution in [0.5, 0.6) is 0 Å². The number of halogens is 3. The van der Waals surface area contributed by atoms with Crippen LogP contribution in [0, 0.1) is 0 Å². The maximum Gasteiger partial charge on any atom is 0.348 e. The summed E-state index contributed by atoms with van der Waals surface area (Å²) in [5.41, 5.74) is 0. The summed E-state index contributed by atoms with van der Waals surface area (Å²) < 4.78 is 14.5. The fourth-order valence-electron chi connectivity index (χ4n) is 1.78. The Hall–Kier alpha value is -1.13. The monoisotopic (exact) mass is 544 g/mol. The number of carbonyl (C=O) groups excluding carboxylic acids is 3. The number of carbonyl (C=O) groups is 3. The third-order valence-corrected chi connectivity index (χ3v) is 7.03. The van der Waals surface area contributed by atoms with Gasteiger partial charge >= 0.3 is 17.9 Å². The maximum absolute atomic E-state index is 11.4. The largest absolute Gasteiger partial charge is 0.462 e. The molecule has 2 heterocycles. The van der Waals surface area contributed by atoms with Crippen molar-refractivity contribution in [1.82, 2.24) is 0 Å². The maximum atomic E-state index is 11.4. The van der Waals surface area contributed by atoms with Gasteiger partial charge < -0.3 is 14.2 Å². The van der Waals surface area contributed by atoms with Crippen molar-refractivity contribution in [1.29, 1.82) is 0 Å². The van der Waals surface area contributed by atoms with Gasteiger partial charge in [0.15, 0.2) is 0 Å². The highest BCUT2D eigenvalue weighted by Crippen LogP contribution is 2.29. The molecule has 2 aromatic heterocycles. The number of esters is 3. The molecule has 0 atom stereocenters. The Morgan fingerprint density at radius 3 is 1.72 bits per heavy atom. The van der Waals surface area contributed by atoms with E-state index in [2.05, 4.69) is 15.9 Å². The summed E-state index contributed by atoms with van der Waals surface area (Å²) in [6.07, 6.45) is 0. The first kappa shape index (κ1) is 25.9. The van der Waals surface area contributed by atoms with Gasteiger partial charge in [-0.3, -0.25) is 4.79 Å². The topological polar surface area (TPSA) is 78.9 Å². The lowest BCUT2D eigenvalue weighted by molar-refractivity contribution is -0.142. The SMILES string of the molecule is CCOC(=O)c1cc(Cl)c(CBr)s1.CCOC(=O)c1cc(Cl)c(COC(C)=O)s1. The van der Waals surface area contributed by atoms with Gasteiger partial charge in [0.2, 0.25) is 0 Å². The first-order valence-electron chi connectivity index (χ1n) is 8.33. The van der Waals surface area contributed by atoms with E-state index < -0.39 is 5.97 Å². The van der Waals surface area contributed by atoms with Crippen molar-refractivity contribution in [2.45, 2.75) is 32.7 Å². The minimum Gasteiger partial charge on any atom is -0.462 e. The molecular weight excluding hydrogens is 527 g/mol. The Morgan fingerprint density at radius 1 is 0.897 bits per heavy atom. The zero-order valence-electron chi connectivity index (χ0n) is 15.9. The van der Waals surface area contributed by atoms with E-state index in [1.54, 1.807) is 19.9 Å². The van der Waals surface area contributed by atoms with Crippen LogP contribution in [0.1, 0.15) is 49.9 Å². The molecular formula is C18H19BrCl2O6S2. The Labute approximate surface area is 195 Å². The van der Waals surface area contributed by atoms with Crippen LogP contribution in [0.25, 0.3) is 0 Å². The molecule has 0 spiro atoms. The average Bonchev–Trinajstić information content (AvgIpc) is 3.23. The van der Waals surface area contributed by atoms with Crippen LogP contribution >= 0.6 is 61.8 Å². The van der Waals surface area contributed by atoms with Crippen LogP contribution in [0.15, 0.2) is 12.1 Å². The van der Waals surface area contributed by atoms with E-state index in [9.17, 15) is 14.4 Å². The molecule has 2 aromatic rings. The van der Waals surface area contributed by atoms with Crippen molar-refractivity contribution < 1.29 is 28.6 Å². The lowest BCUT2D eigenvalue weighted by atomic mass is 10.4. The lowest BCUT2D eigenvalue weighted by Crippen LogP contribution is -2.01. The second-order valence-electron chi connectivity index (χ2n) is 5.12. The molecule has 0 aliphatic carbocycles. The summed E-state index contributed by atoms with van der Waals surface area (Å²) in [5, 5.41) is 1.69. The van der Waals surface area contributed by atoms with Gasteiger partial charge in [0.25, 0.3) is 0 Å². The predicted octanol–water partition coefficient (Wildman–Crippen LogP) is 6.11.